The first-order chi connectivity index (χ1) is 17.3. The van der Waals surface area contributed by atoms with Gasteiger partial charge in [-0.15, -0.1) is 0 Å². The van der Waals surface area contributed by atoms with Crippen molar-refractivity contribution in [1.82, 2.24) is 18.3 Å². The Labute approximate surface area is 204 Å². The van der Waals surface area contributed by atoms with Gasteiger partial charge in [-0.1, -0.05) is 0 Å². The Morgan fingerprint density at radius 3 is 2.32 bits per heavy atom. The summed E-state index contributed by atoms with van der Waals surface area (Å²) in [5, 5.41) is 11.8. The number of carboxylic acids is 1. The summed E-state index contributed by atoms with van der Waals surface area (Å²) in [5.74, 6) is -3.12. The fraction of sp³-hybridized carbons (Fsp3) is 0.250. The van der Waals surface area contributed by atoms with Crippen LogP contribution in [0.3, 0.4) is 0 Å². The van der Waals surface area contributed by atoms with Crippen molar-refractivity contribution in [2.24, 2.45) is 14.1 Å². The Balaban J connectivity index is 1.79. The number of fused-ring (bicyclic) bond motifs is 2. The number of hydrogen-bond donors (Lipinski definition) is 0. The second-order valence-electron chi connectivity index (χ2n) is 8.80. The van der Waals surface area contributed by atoms with E-state index in [4.69, 9.17) is 0 Å². The molecular formula is C24H17F4N4O5-. The third-order valence-electron chi connectivity index (χ3n) is 6.77. The van der Waals surface area contributed by atoms with E-state index in [2.05, 4.69) is 0 Å². The van der Waals surface area contributed by atoms with E-state index in [9.17, 15) is 41.8 Å². The first-order valence-electron chi connectivity index (χ1n) is 11.0. The lowest BCUT2D eigenvalue weighted by molar-refractivity contribution is -0.255. The molecule has 0 N–H and O–H groups in total. The lowest BCUT2D eigenvalue weighted by atomic mass is 10.0. The van der Waals surface area contributed by atoms with Gasteiger partial charge in [0.25, 0.3) is 5.56 Å². The first kappa shape index (κ1) is 24.3. The van der Waals surface area contributed by atoms with Crippen LogP contribution in [0.4, 0.5) is 17.6 Å². The molecule has 0 aliphatic heterocycles. The lowest BCUT2D eigenvalue weighted by Gasteiger charge is -2.20. The zero-order valence-corrected chi connectivity index (χ0v) is 19.3. The third-order valence-corrected chi connectivity index (χ3v) is 6.77. The number of carboxylic acid groups (broad SMARTS) is 1. The van der Waals surface area contributed by atoms with Crippen LogP contribution in [0.5, 0.6) is 0 Å². The van der Waals surface area contributed by atoms with Gasteiger partial charge in [0, 0.05) is 20.3 Å². The number of aromatic carboxylic acids is 1. The van der Waals surface area contributed by atoms with Gasteiger partial charge in [-0.05, 0) is 54.3 Å². The van der Waals surface area contributed by atoms with Crippen LogP contribution in [-0.4, -0.2) is 24.2 Å². The van der Waals surface area contributed by atoms with Crippen molar-refractivity contribution in [2.75, 3.05) is 0 Å². The number of nitrogens with zero attached hydrogens (tertiary/aromatic N) is 4. The number of hydrogen-bond acceptors (Lipinski definition) is 5. The standard InChI is InChI=1S/C24H18F4N4O5/c1-29-18-5-3-12(9-19(18)30(2)22(29)36)31-10-15(21(34)35)20(33)32(23(31)37)17-6-4-13-14(17)7-11(25)8-16(13)24(26,27)28/h3,5,7-10,17H,4,6H2,1-2H3,(H,34,35)/p-1. The van der Waals surface area contributed by atoms with Gasteiger partial charge < -0.3 is 9.90 Å². The molecule has 2 aromatic heterocycles. The molecule has 37 heavy (non-hydrogen) atoms. The molecule has 1 aliphatic carbocycles. The Hall–Kier alpha value is -4.42. The Morgan fingerprint density at radius 2 is 1.68 bits per heavy atom. The van der Waals surface area contributed by atoms with Crippen molar-refractivity contribution in [3.05, 3.63) is 95.9 Å². The number of benzene rings is 2. The molecule has 0 saturated heterocycles. The van der Waals surface area contributed by atoms with E-state index >= 15 is 0 Å². The molecule has 1 atom stereocenters. The average molecular weight is 517 g/mol. The number of rotatable bonds is 3. The van der Waals surface area contributed by atoms with Crippen molar-refractivity contribution in [3.63, 3.8) is 0 Å². The Morgan fingerprint density at radius 1 is 1.00 bits per heavy atom. The minimum absolute atomic E-state index is 0.0865. The van der Waals surface area contributed by atoms with Gasteiger partial charge in [-0.25, -0.2) is 14.0 Å². The molecule has 1 unspecified atom stereocenters. The Kier molecular flexibility index (Phi) is 5.28. The van der Waals surface area contributed by atoms with Crippen LogP contribution in [-0.2, 0) is 26.7 Å². The summed E-state index contributed by atoms with van der Waals surface area (Å²) in [4.78, 5) is 50.7. The van der Waals surface area contributed by atoms with E-state index in [0.717, 1.165) is 16.8 Å². The number of halogens is 4. The van der Waals surface area contributed by atoms with Gasteiger partial charge in [0.1, 0.15) is 5.82 Å². The molecule has 192 valence electrons. The zero-order chi connectivity index (χ0) is 27.0. The van der Waals surface area contributed by atoms with Crippen LogP contribution < -0.4 is 22.0 Å². The second kappa shape index (κ2) is 8.05. The van der Waals surface area contributed by atoms with Crippen molar-refractivity contribution >= 4 is 17.0 Å². The van der Waals surface area contributed by atoms with E-state index in [1.807, 2.05) is 0 Å². The summed E-state index contributed by atoms with van der Waals surface area (Å²) < 4.78 is 58.9. The van der Waals surface area contributed by atoms with Crippen molar-refractivity contribution in [2.45, 2.75) is 25.1 Å². The highest BCUT2D eigenvalue weighted by Gasteiger charge is 2.39. The van der Waals surface area contributed by atoms with Gasteiger partial charge in [-0.3, -0.25) is 23.1 Å². The van der Waals surface area contributed by atoms with Crippen LogP contribution >= 0.6 is 0 Å². The number of imidazole rings is 1. The predicted octanol–water partition coefficient (Wildman–Crippen LogP) is 1.25. The normalized spacial score (nSPS) is 15.4. The van der Waals surface area contributed by atoms with E-state index in [0.29, 0.717) is 21.7 Å². The summed E-state index contributed by atoms with van der Waals surface area (Å²) in [6.45, 7) is 0. The fourth-order valence-electron chi connectivity index (χ4n) is 5.01. The van der Waals surface area contributed by atoms with Crippen molar-refractivity contribution in [1.29, 1.82) is 0 Å². The maximum absolute atomic E-state index is 14.2. The minimum atomic E-state index is -4.87. The number of aryl methyl sites for hydroxylation is 2. The summed E-state index contributed by atoms with van der Waals surface area (Å²) in [6.07, 6.45) is -4.49. The molecule has 2 aromatic carbocycles. The SMILES string of the molecule is Cn1c(=O)n(C)c2cc(-n3cc(C(=O)[O-])c(=O)n(C4CCc5c4cc(F)cc5C(F)(F)F)c3=O)ccc21. The molecule has 4 aromatic rings. The minimum Gasteiger partial charge on any atom is -0.545 e. The van der Waals surface area contributed by atoms with Crippen LogP contribution in [0.15, 0.2) is 50.9 Å². The fourth-order valence-corrected chi connectivity index (χ4v) is 5.01. The van der Waals surface area contributed by atoms with E-state index in [1.165, 1.54) is 41.4 Å². The maximum atomic E-state index is 14.2. The largest absolute Gasteiger partial charge is 0.545 e. The number of carbonyl (C=O) groups excluding carboxylic acids is 1. The van der Waals surface area contributed by atoms with E-state index in [-0.39, 0.29) is 35.3 Å². The summed E-state index contributed by atoms with van der Waals surface area (Å²) in [6, 6.07) is 4.18. The molecule has 0 fully saturated rings. The molecule has 1 aliphatic rings. The van der Waals surface area contributed by atoms with Crippen molar-refractivity contribution in [3.8, 4) is 5.69 Å². The first-order valence-corrected chi connectivity index (χ1v) is 11.0. The van der Waals surface area contributed by atoms with Gasteiger partial charge in [0.15, 0.2) is 0 Å². The topological polar surface area (TPSA) is 111 Å². The molecular weight excluding hydrogens is 500 g/mol. The van der Waals surface area contributed by atoms with Gasteiger partial charge in [0.2, 0.25) is 0 Å². The molecule has 0 radical (unpaired) electrons. The molecule has 9 nitrogen and oxygen atoms in total. The number of aromatic nitrogens is 4. The summed E-state index contributed by atoms with van der Waals surface area (Å²) in [5.41, 5.74) is -4.33. The molecule has 0 bridgehead atoms. The molecule has 13 heteroatoms. The predicted molar refractivity (Wildman–Crippen MR) is 120 cm³/mol. The quantitative estimate of drug-likeness (QED) is 0.380. The second-order valence-corrected chi connectivity index (χ2v) is 8.80. The lowest BCUT2D eigenvalue weighted by Crippen LogP contribution is -2.45. The van der Waals surface area contributed by atoms with E-state index in [1.54, 1.807) is 0 Å². The van der Waals surface area contributed by atoms with Crippen LogP contribution in [0.2, 0.25) is 0 Å². The van der Waals surface area contributed by atoms with Crippen molar-refractivity contribution < 1.29 is 27.5 Å². The molecule has 0 saturated carbocycles. The highest BCUT2D eigenvalue weighted by atomic mass is 19.4. The molecule has 2 heterocycles. The number of alkyl halides is 3. The maximum Gasteiger partial charge on any atom is 0.416 e. The smallest absolute Gasteiger partial charge is 0.416 e. The van der Waals surface area contributed by atoms with Gasteiger partial charge >= 0.3 is 17.6 Å². The monoisotopic (exact) mass is 517 g/mol. The summed E-state index contributed by atoms with van der Waals surface area (Å²) in [7, 11) is 3.03. The molecule has 5 rings (SSSR count). The third kappa shape index (κ3) is 3.60. The Bertz CT molecular complexity index is 1810. The highest BCUT2D eigenvalue weighted by molar-refractivity contribution is 5.85. The molecule has 0 amide bonds. The van der Waals surface area contributed by atoms with Crippen LogP contribution in [0, 0.1) is 5.82 Å². The summed E-state index contributed by atoms with van der Waals surface area (Å²) >= 11 is 0. The average Bonchev–Trinajstić information content (AvgIpc) is 3.32. The van der Waals surface area contributed by atoms with Gasteiger partial charge in [0.05, 0.1) is 39.9 Å². The van der Waals surface area contributed by atoms with E-state index < -0.39 is 46.4 Å². The van der Waals surface area contributed by atoms with Crippen LogP contribution in [0.25, 0.3) is 16.7 Å². The van der Waals surface area contributed by atoms with Gasteiger partial charge in [-0.2, -0.15) is 13.2 Å². The molecule has 0 spiro atoms. The highest BCUT2D eigenvalue weighted by Crippen LogP contribution is 2.42. The zero-order valence-electron chi connectivity index (χ0n) is 19.3. The number of carbonyl (C=O) groups is 1. The van der Waals surface area contributed by atoms with Crippen LogP contribution in [0.1, 0.15) is 39.5 Å².